The molecule has 1 aromatic heterocycles. The van der Waals surface area contributed by atoms with Gasteiger partial charge in [0.25, 0.3) is 0 Å². The summed E-state index contributed by atoms with van der Waals surface area (Å²) in [7, 11) is 1.53. The van der Waals surface area contributed by atoms with Crippen molar-refractivity contribution < 1.29 is 9.53 Å². The van der Waals surface area contributed by atoms with Gasteiger partial charge in [-0.15, -0.1) is 11.3 Å². The number of hydrogen-bond donors (Lipinski definition) is 0. The predicted octanol–water partition coefficient (Wildman–Crippen LogP) is 2.27. The highest BCUT2D eigenvalue weighted by molar-refractivity contribution is 9.11. The van der Waals surface area contributed by atoms with E-state index in [0.717, 1.165) is 8.66 Å². The molecule has 4 heteroatoms. The van der Waals surface area contributed by atoms with Crippen molar-refractivity contribution in [1.29, 1.82) is 0 Å². The summed E-state index contributed by atoms with van der Waals surface area (Å²) in [4.78, 5) is 12.2. The molecule has 0 aliphatic rings. The van der Waals surface area contributed by atoms with Crippen LogP contribution in [-0.4, -0.2) is 19.5 Å². The van der Waals surface area contributed by atoms with Gasteiger partial charge in [-0.1, -0.05) is 0 Å². The molecule has 0 fully saturated rings. The van der Waals surface area contributed by atoms with E-state index in [1.165, 1.54) is 7.11 Å². The van der Waals surface area contributed by atoms with Gasteiger partial charge in [0, 0.05) is 18.4 Å². The molecule has 0 saturated heterocycles. The standard InChI is InChI=1S/C8H9BrO2S/c1-11-5-6(10)4-7-2-3-8(9)12-7/h2-3H,4-5H2,1H3. The fourth-order valence-corrected chi connectivity index (χ4v) is 2.36. The molecule has 0 bridgehead atoms. The Kier molecular flexibility index (Phi) is 3.91. The molecule has 0 saturated carbocycles. The summed E-state index contributed by atoms with van der Waals surface area (Å²) in [5, 5.41) is 0. The minimum Gasteiger partial charge on any atom is -0.377 e. The molecular formula is C8H9BrO2S. The highest BCUT2D eigenvalue weighted by Gasteiger charge is 2.04. The molecule has 0 N–H and O–H groups in total. The molecule has 0 spiro atoms. The monoisotopic (exact) mass is 248 g/mol. The second kappa shape index (κ2) is 4.74. The zero-order valence-corrected chi connectivity index (χ0v) is 9.07. The number of halogens is 1. The van der Waals surface area contributed by atoms with Crippen molar-refractivity contribution in [2.45, 2.75) is 6.42 Å². The third-order valence-electron chi connectivity index (χ3n) is 1.31. The van der Waals surface area contributed by atoms with Gasteiger partial charge in [0.15, 0.2) is 5.78 Å². The van der Waals surface area contributed by atoms with Crippen molar-refractivity contribution in [2.75, 3.05) is 13.7 Å². The summed E-state index contributed by atoms with van der Waals surface area (Å²) in [5.74, 6) is 0.117. The fraction of sp³-hybridized carbons (Fsp3) is 0.375. The Morgan fingerprint density at radius 1 is 1.67 bits per heavy atom. The number of rotatable bonds is 4. The van der Waals surface area contributed by atoms with Crippen molar-refractivity contribution in [3.05, 3.63) is 20.8 Å². The molecule has 0 aromatic carbocycles. The number of carbonyl (C=O) groups is 1. The summed E-state index contributed by atoms with van der Waals surface area (Å²) in [6, 6.07) is 3.89. The Morgan fingerprint density at radius 2 is 2.42 bits per heavy atom. The van der Waals surface area contributed by atoms with Crippen molar-refractivity contribution in [2.24, 2.45) is 0 Å². The van der Waals surface area contributed by atoms with E-state index in [0.29, 0.717) is 6.42 Å². The molecule has 0 aliphatic heterocycles. The number of ether oxygens (including phenoxy) is 1. The summed E-state index contributed by atoms with van der Waals surface area (Å²) >= 11 is 4.92. The van der Waals surface area contributed by atoms with E-state index in [2.05, 4.69) is 15.9 Å². The number of ketones is 1. The summed E-state index contributed by atoms with van der Waals surface area (Å²) in [6.07, 6.45) is 0.476. The molecular weight excluding hydrogens is 240 g/mol. The van der Waals surface area contributed by atoms with E-state index in [1.54, 1.807) is 11.3 Å². The van der Waals surface area contributed by atoms with Crippen molar-refractivity contribution >= 4 is 33.0 Å². The Hall–Kier alpha value is -0.190. The lowest BCUT2D eigenvalue weighted by atomic mass is 10.2. The molecule has 0 aliphatic carbocycles. The Labute approximate surface area is 83.7 Å². The minimum absolute atomic E-state index is 0.117. The van der Waals surface area contributed by atoms with Gasteiger partial charge < -0.3 is 4.74 Å². The van der Waals surface area contributed by atoms with Crippen LogP contribution in [0.25, 0.3) is 0 Å². The van der Waals surface area contributed by atoms with Gasteiger partial charge in [0.1, 0.15) is 6.61 Å². The van der Waals surface area contributed by atoms with E-state index in [-0.39, 0.29) is 12.4 Å². The van der Waals surface area contributed by atoms with Gasteiger partial charge in [0.05, 0.1) is 3.79 Å². The van der Waals surface area contributed by atoms with E-state index < -0.39 is 0 Å². The van der Waals surface area contributed by atoms with Crippen LogP contribution in [0, 0.1) is 0 Å². The molecule has 0 amide bonds. The van der Waals surface area contributed by atoms with E-state index in [9.17, 15) is 4.79 Å². The Balaban J connectivity index is 2.46. The summed E-state index contributed by atoms with van der Waals surface area (Å²) in [6.45, 7) is 0.204. The number of carbonyl (C=O) groups excluding carboxylic acids is 1. The SMILES string of the molecule is COCC(=O)Cc1ccc(Br)s1. The lowest BCUT2D eigenvalue weighted by Gasteiger charge is -1.95. The normalized spacial score (nSPS) is 10.2. The number of thiophene rings is 1. The maximum atomic E-state index is 11.1. The van der Waals surface area contributed by atoms with Crippen LogP contribution in [0.2, 0.25) is 0 Å². The molecule has 66 valence electrons. The van der Waals surface area contributed by atoms with Crippen LogP contribution >= 0.6 is 27.3 Å². The highest BCUT2D eigenvalue weighted by Crippen LogP contribution is 2.22. The van der Waals surface area contributed by atoms with Gasteiger partial charge >= 0.3 is 0 Å². The number of Topliss-reactive ketones (excluding diaryl/α,β-unsaturated/α-hetero) is 1. The first-order chi connectivity index (χ1) is 5.72. The first-order valence-corrected chi connectivity index (χ1v) is 5.08. The van der Waals surface area contributed by atoms with Gasteiger partial charge in [0.2, 0.25) is 0 Å². The van der Waals surface area contributed by atoms with Crippen LogP contribution < -0.4 is 0 Å². The second-order valence-corrected chi connectivity index (χ2v) is 4.90. The van der Waals surface area contributed by atoms with Crippen molar-refractivity contribution in [1.82, 2.24) is 0 Å². The van der Waals surface area contributed by atoms with E-state index in [1.807, 2.05) is 12.1 Å². The van der Waals surface area contributed by atoms with E-state index in [4.69, 9.17) is 4.74 Å². The fourth-order valence-electron chi connectivity index (χ4n) is 0.853. The molecule has 2 nitrogen and oxygen atoms in total. The van der Waals surface area contributed by atoms with Crippen molar-refractivity contribution in [3.63, 3.8) is 0 Å². The van der Waals surface area contributed by atoms with Gasteiger partial charge in [-0.2, -0.15) is 0 Å². The molecule has 1 heterocycles. The number of hydrogen-bond acceptors (Lipinski definition) is 3. The lowest BCUT2D eigenvalue weighted by Crippen LogP contribution is -2.08. The third kappa shape index (κ3) is 3.05. The molecule has 0 atom stereocenters. The summed E-state index contributed by atoms with van der Waals surface area (Å²) < 4.78 is 5.78. The third-order valence-corrected chi connectivity index (χ3v) is 2.93. The largest absolute Gasteiger partial charge is 0.377 e. The van der Waals surface area contributed by atoms with Gasteiger partial charge in [-0.05, 0) is 28.1 Å². The van der Waals surface area contributed by atoms with Crippen molar-refractivity contribution in [3.8, 4) is 0 Å². The van der Waals surface area contributed by atoms with Gasteiger partial charge in [-0.3, -0.25) is 4.79 Å². The number of methoxy groups -OCH3 is 1. The Bertz CT molecular complexity index is 270. The maximum absolute atomic E-state index is 11.1. The lowest BCUT2D eigenvalue weighted by molar-refractivity contribution is -0.121. The van der Waals surface area contributed by atoms with Gasteiger partial charge in [-0.25, -0.2) is 0 Å². The highest BCUT2D eigenvalue weighted by atomic mass is 79.9. The molecule has 0 radical (unpaired) electrons. The van der Waals surface area contributed by atoms with E-state index >= 15 is 0 Å². The van der Waals surface area contributed by atoms with Crippen LogP contribution in [0.5, 0.6) is 0 Å². The smallest absolute Gasteiger partial charge is 0.163 e. The van der Waals surface area contributed by atoms with Crippen LogP contribution in [0.4, 0.5) is 0 Å². The average molecular weight is 249 g/mol. The Morgan fingerprint density at radius 3 is 2.92 bits per heavy atom. The zero-order valence-electron chi connectivity index (χ0n) is 6.67. The predicted molar refractivity (Wildman–Crippen MR) is 52.6 cm³/mol. The molecule has 1 aromatic rings. The van der Waals surface area contributed by atoms with Crippen LogP contribution in [0.1, 0.15) is 4.88 Å². The van der Waals surface area contributed by atoms with Crippen LogP contribution in [0.15, 0.2) is 15.9 Å². The second-order valence-electron chi connectivity index (χ2n) is 2.35. The topological polar surface area (TPSA) is 26.3 Å². The first-order valence-electron chi connectivity index (χ1n) is 3.47. The average Bonchev–Trinajstić information content (AvgIpc) is 2.36. The minimum atomic E-state index is 0.117. The first kappa shape index (κ1) is 9.89. The summed E-state index contributed by atoms with van der Waals surface area (Å²) in [5.41, 5.74) is 0. The molecule has 1 rings (SSSR count). The van der Waals surface area contributed by atoms with Crippen LogP contribution in [0.3, 0.4) is 0 Å². The van der Waals surface area contributed by atoms with Crippen LogP contribution in [-0.2, 0) is 16.0 Å². The maximum Gasteiger partial charge on any atom is 0.163 e. The molecule has 12 heavy (non-hydrogen) atoms. The zero-order chi connectivity index (χ0) is 8.97. The quantitative estimate of drug-likeness (QED) is 0.818. The molecule has 0 unspecified atom stereocenters.